The van der Waals surface area contributed by atoms with Crippen molar-refractivity contribution in [1.82, 2.24) is 4.89 Å². The van der Waals surface area contributed by atoms with Crippen LogP contribution in [0.15, 0.2) is 0 Å². The summed E-state index contributed by atoms with van der Waals surface area (Å²) in [4.78, 5) is 6.22. The monoisotopic (exact) mass is 243 g/mol. The highest BCUT2D eigenvalue weighted by Gasteiger charge is 2.32. The molecule has 0 amide bonds. The van der Waals surface area contributed by atoms with Crippen LogP contribution in [0.25, 0.3) is 0 Å². The number of hydrogen-bond donors (Lipinski definition) is 1. The Hall–Kier alpha value is -0.180. The summed E-state index contributed by atoms with van der Waals surface area (Å²) in [7, 11) is -5.34. The first kappa shape index (κ1) is 11.9. The molecule has 6 nitrogen and oxygen atoms in total. The molecule has 0 aliphatic carbocycles. The third-order valence-electron chi connectivity index (χ3n) is 2.14. The second-order valence-electron chi connectivity index (χ2n) is 3.18. The Bertz CT molecular complexity index is 370. The Morgan fingerprint density at radius 3 is 2.21 bits per heavy atom. The predicted octanol–water partition coefficient (Wildman–Crippen LogP) is -0.956. The fourth-order valence-electron chi connectivity index (χ4n) is 1.36. The Labute approximate surface area is 83.6 Å². The average Bonchev–Trinajstić information content (AvgIpc) is 2.03. The molecule has 1 fully saturated rings. The summed E-state index contributed by atoms with van der Waals surface area (Å²) in [6, 6.07) is 0. The van der Waals surface area contributed by atoms with Crippen molar-refractivity contribution in [3.63, 3.8) is 0 Å². The predicted molar refractivity (Wildman–Crippen MR) is 50.7 cm³/mol. The van der Waals surface area contributed by atoms with Crippen molar-refractivity contribution < 1.29 is 21.7 Å². The molecule has 0 unspecified atom stereocenters. The van der Waals surface area contributed by atoms with E-state index in [4.69, 9.17) is 0 Å². The van der Waals surface area contributed by atoms with Gasteiger partial charge in [0.1, 0.15) is 9.84 Å². The van der Waals surface area contributed by atoms with Crippen molar-refractivity contribution in [1.29, 1.82) is 0 Å². The number of sulfone groups is 1. The van der Waals surface area contributed by atoms with Gasteiger partial charge in [-0.3, -0.25) is 4.84 Å². The highest BCUT2D eigenvalue weighted by atomic mass is 32.2. The van der Waals surface area contributed by atoms with Crippen LogP contribution in [-0.4, -0.2) is 40.7 Å². The maximum atomic E-state index is 11.4. The van der Waals surface area contributed by atoms with Crippen LogP contribution < -0.4 is 4.89 Å². The van der Waals surface area contributed by atoms with Crippen molar-refractivity contribution in [2.45, 2.75) is 18.1 Å². The molecule has 1 aliphatic rings. The molecule has 0 radical (unpaired) electrons. The van der Waals surface area contributed by atoms with Crippen LogP contribution in [0.5, 0.6) is 0 Å². The topological polar surface area (TPSA) is 89.5 Å². The van der Waals surface area contributed by atoms with E-state index in [0.29, 0.717) is 0 Å². The number of sulfonamides is 1. The van der Waals surface area contributed by atoms with E-state index in [1.54, 1.807) is 0 Å². The molecular weight excluding hydrogens is 230 g/mol. The zero-order valence-corrected chi connectivity index (χ0v) is 9.40. The van der Waals surface area contributed by atoms with E-state index >= 15 is 0 Å². The summed E-state index contributed by atoms with van der Waals surface area (Å²) < 4.78 is 44.8. The highest BCUT2D eigenvalue weighted by Crippen LogP contribution is 2.18. The maximum Gasteiger partial charge on any atom is 0.236 e. The van der Waals surface area contributed by atoms with Crippen molar-refractivity contribution in [3.8, 4) is 0 Å². The molecule has 0 aromatic carbocycles. The smallest absolute Gasteiger partial charge is 0.236 e. The SMILES string of the molecule is CONS(=O)(=O)C1CCS(=O)(=O)CC1. The number of nitrogens with one attached hydrogen (secondary N) is 1. The molecule has 0 spiro atoms. The largest absolute Gasteiger partial charge is 0.290 e. The van der Waals surface area contributed by atoms with Gasteiger partial charge >= 0.3 is 0 Å². The molecule has 0 bridgehead atoms. The van der Waals surface area contributed by atoms with Gasteiger partial charge in [-0.2, -0.15) is 0 Å². The fourth-order valence-corrected chi connectivity index (χ4v) is 4.38. The molecule has 84 valence electrons. The lowest BCUT2D eigenvalue weighted by Gasteiger charge is -2.21. The van der Waals surface area contributed by atoms with Gasteiger partial charge in [0.2, 0.25) is 10.0 Å². The second-order valence-corrected chi connectivity index (χ2v) is 7.41. The molecular formula is C6H13NO5S2. The van der Waals surface area contributed by atoms with Crippen LogP contribution in [-0.2, 0) is 24.7 Å². The Morgan fingerprint density at radius 1 is 1.29 bits per heavy atom. The molecule has 0 aromatic heterocycles. The average molecular weight is 243 g/mol. The van der Waals surface area contributed by atoms with Gasteiger partial charge in [-0.25, -0.2) is 16.8 Å². The number of hydrogen-bond acceptors (Lipinski definition) is 5. The maximum absolute atomic E-state index is 11.4. The summed E-state index contributed by atoms with van der Waals surface area (Å²) in [5.74, 6) is -0.134. The molecule has 0 atom stereocenters. The Kier molecular flexibility index (Phi) is 3.51. The van der Waals surface area contributed by atoms with Crippen molar-refractivity contribution in [2.75, 3.05) is 18.6 Å². The van der Waals surface area contributed by atoms with Gasteiger partial charge in [0.05, 0.1) is 23.9 Å². The molecule has 8 heteroatoms. The van der Waals surface area contributed by atoms with Crippen LogP contribution in [0, 0.1) is 0 Å². The molecule has 0 saturated carbocycles. The number of rotatable bonds is 3. The summed E-state index contributed by atoms with van der Waals surface area (Å²) in [5, 5.41) is -0.661. The van der Waals surface area contributed by atoms with Crippen molar-refractivity contribution in [3.05, 3.63) is 0 Å². The normalized spacial score (nSPS) is 23.5. The van der Waals surface area contributed by atoms with Crippen LogP contribution >= 0.6 is 0 Å². The summed E-state index contributed by atoms with van der Waals surface area (Å²) in [5.41, 5.74) is 0. The van der Waals surface area contributed by atoms with Gasteiger partial charge in [0, 0.05) is 0 Å². The zero-order chi connectivity index (χ0) is 10.8. The van der Waals surface area contributed by atoms with Gasteiger partial charge in [-0.05, 0) is 12.8 Å². The molecule has 1 aliphatic heterocycles. The van der Waals surface area contributed by atoms with Gasteiger partial charge < -0.3 is 0 Å². The van der Waals surface area contributed by atoms with Crippen LogP contribution in [0.1, 0.15) is 12.8 Å². The molecule has 1 saturated heterocycles. The molecule has 1 N–H and O–H groups in total. The first-order valence-corrected chi connectivity index (χ1v) is 7.48. The summed E-state index contributed by atoms with van der Waals surface area (Å²) in [6.07, 6.45) is 0.280. The van der Waals surface area contributed by atoms with Crippen LogP contribution in [0.4, 0.5) is 0 Å². The minimum Gasteiger partial charge on any atom is -0.290 e. The van der Waals surface area contributed by atoms with Crippen LogP contribution in [0.3, 0.4) is 0 Å². The van der Waals surface area contributed by atoms with E-state index in [1.807, 2.05) is 4.89 Å². The second kappa shape index (κ2) is 4.13. The molecule has 14 heavy (non-hydrogen) atoms. The lowest BCUT2D eigenvalue weighted by molar-refractivity contribution is 0.152. The van der Waals surface area contributed by atoms with E-state index in [9.17, 15) is 16.8 Å². The lowest BCUT2D eigenvalue weighted by Crippen LogP contribution is -2.39. The van der Waals surface area contributed by atoms with Gasteiger partial charge in [-0.1, -0.05) is 4.89 Å². The minimum atomic E-state index is -3.52. The third kappa shape index (κ3) is 2.91. The van der Waals surface area contributed by atoms with E-state index < -0.39 is 25.1 Å². The standard InChI is InChI=1S/C6H13NO5S2/c1-12-7-14(10,11)6-2-4-13(8,9)5-3-6/h6-7H,2-5H2,1H3. The summed E-state index contributed by atoms with van der Waals surface area (Å²) >= 11 is 0. The van der Waals surface area contributed by atoms with E-state index in [1.165, 1.54) is 7.11 Å². The Balaban J connectivity index is 2.67. The van der Waals surface area contributed by atoms with Gasteiger partial charge in [-0.15, -0.1) is 0 Å². The van der Waals surface area contributed by atoms with Crippen LogP contribution in [0.2, 0.25) is 0 Å². The quantitative estimate of drug-likeness (QED) is 0.645. The fraction of sp³-hybridized carbons (Fsp3) is 1.00. The highest BCUT2D eigenvalue weighted by molar-refractivity contribution is 7.92. The van der Waals surface area contributed by atoms with E-state index in [0.717, 1.165) is 0 Å². The molecule has 0 aromatic rings. The van der Waals surface area contributed by atoms with E-state index in [2.05, 4.69) is 4.84 Å². The van der Waals surface area contributed by atoms with Gasteiger partial charge in [0.15, 0.2) is 0 Å². The minimum absolute atomic E-state index is 0.0672. The Morgan fingerprint density at radius 2 is 1.79 bits per heavy atom. The summed E-state index contributed by atoms with van der Waals surface area (Å²) in [6.45, 7) is 0. The zero-order valence-electron chi connectivity index (χ0n) is 7.76. The van der Waals surface area contributed by atoms with Crippen molar-refractivity contribution >= 4 is 19.9 Å². The molecule has 1 heterocycles. The molecule has 1 rings (SSSR count). The first-order valence-electron chi connectivity index (χ1n) is 4.11. The third-order valence-corrected chi connectivity index (χ3v) is 5.60. The van der Waals surface area contributed by atoms with E-state index in [-0.39, 0.29) is 24.3 Å². The lowest BCUT2D eigenvalue weighted by atomic mass is 10.2. The first-order chi connectivity index (χ1) is 6.37. The van der Waals surface area contributed by atoms with Gasteiger partial charge in [0.25, 0.3) is 0 Å². The van der Waals surface area contributed by atoms with Crippen molar-refractivity contribution in [2.24, 2.45) is 0 Å².